The molecule has 1 aliphatic heterocycles. The minimum Gasteiger partial charge on any atom is -0.486 e. The normalized spacial score (nSPS) is 17.6. The molecule has 0 aliphatic carbocycles. The zero-order chi connectivity index (χ0) is 14.7. The topological polar surface area (TPSA) is 81.5 Å². The molecule has 2 aromatic rings. The molecule has 1 aliphatic rings. The van der Waals surface area contributed by atoms with Gasteiger partial charge < -0.3 is 14.6 Å². The lowest BCUT2D eigenvalue weighted by Gasteiger charge is -2.17. The van der Waals surface area contributed by atoms with Crippen LogP contribution in [0.5, 0.6) is 5.75 Å². The van der Waals surface area contributed by atoms with E-state index in [4.69, 9.17) is 9.47 Å². The second-order valence-corrected chi connectivity index (χ2v) is 4.72. The molecule has 1 atom stereocenters. The van der Waals surface area contributed by atoms with E-state index in [2.05, 4.69) is 9.97 Å². The van der Waals surface area contributed by atoms with Gasteiger partial charge in [0.1, 0.15) is 23.7 Å². The molecule has 6 nitrogen and oxygen atoms in total. The maximum Gasteiger partial charge on any atom is 0.339 e. The molecule has 0 amide bonds. The molecule has 1 saturated heterocycles. The molecule has 0 saturated carbocycles. The van der Waals surface area contributed by atoms with Gasteiger partial charge in [-0.2, -0.15) is 0 Å². The lowest BCUT2D eigenvalue weighted by molar-refractivity contribution is 0.0687. The fourth-order valence-corrected chi connectivity index (χ4v) is 2.27. The van der Waals surface area contributed by atoms with Crippen LogP contribution in [0.25, 0.3) is 11.1 Å². The second kappa shape index (κ2) is 5.88. The first-order valence-corrected chi connectivity index (χ1v) is 6.62. The van der Waals surface area contributed by atoms with Gasteiger partial charge in [0, 0.05) is 29.9 Å². The maximum absolute atomic E-state index is 11.4. The van der Waals surface area contributed by atoms with Gasteiger partial charge in [-0.05, 0) is 6.07 Å². The summed E-state index contributed by atoms with van der Waals surface area (Å²) in [5, 5.41) is 9.37. The summed E-state index contributed by atoms with van der Waals surface area (Å²) in [6.07, 6.45) is 5.31. The number of aromatic carboxylic acids is 1. The quantitative estimate of drug-likeness (QED) is 0.926. The molecular formula is C15H14N2O4. The van der Waals surface area contributed by atoms with Crippen LogP contribution in [0.1, 0.15) is 16.8 Å². The van der Waals surface area contributed by atoms with Gasteiger partial charge in [-0.15, -0.1) is 0 Å². The van der Waals surface area contributed by atoms with Crippen LogP contribution in [-0.4, -0.2) is 40.4 Å². The Labute approximate surface area is 121 Å². The van der Waals surface area contributed by atoms with Crippen molar-refractivity contribution in [2.75, 3.05) is 13.2 Å². The van der Waals surface area contributed by atoms with Crippen LogP contribution >= 0.6 is 0 Å². The van der Waals surface area contributed by atoms with Gasteiger partial charge in [0.15, 0.2) is 0 Å². The smallest absolute Gasteiger partial charge is 0.339 e. The Balaban J connectivity index is 2.06. The number of benzene rings is 1. The number of ether oxygens (including phenoxy) is 2. The fourth-order valence-electron chi connectivity index (χ4n) is 2.27. The van der Waals surface area contributed by atoms with E-state index in [9.17, 15) is 9.90 Å². The van der Waals surface area contributed by atoms with Crippen molar-refractivity contribution >= 4 is 5.97 Å². The molecule has 3 rings (SSSR count). The van der Waals surface area contributed by atoms with E-state index in [1.165, 1.54) is 12.4 Å². The highest BCUT2D eigenvalue weighted by Crippen LogP contribution is 2.34. The molecule has 21 heavy (non-hydrogen) atoms. The van der Waals surface area contributed by atoms with Crippen molar-refractivity contribution in [1.29, 1.82) is 0 Å². The number of carboxylic acid groups (broad SMARTS) is 1. The molecule has 1 fully saturated rings. The van der Waals surface area contributed by atoms with Crippen molar-refractivity contribution < 1.29 is 19.4 Å². The van der Waals surface area contributed by atoms with Crippen molar-refractivity contribution in [3.05, 3.63) is 42.5 Å². The van der Waals surface area contributed by atoms with Gasteiger partial charge in [0.2, 0.25) is 0 Å². The number of para-hydroxylation sites is 1. The highest BCUT2D eigenvalue weighted by atomic mass is 16.5. The first-order valence-electron chi connectivity index (χ1n) is 6.62. The zero-order valence-electron chi connectivity index (χ0n) is 11.2. The average molecular weight is 286 g/mol. The summed E-state index contributed by atoms with van der Waals surface area (Å²) in [4.78, 5) is 19.4. The van der Waals surface area contributed by atoms with E-state index in [1.807, 2.05) is 0 Å². The van der Waals surface area contributed by atoms with Gasteiger partial charge in [-0.3, -0.25) is 0 Å². The van der Waals surface area contributed by atoms with E-state index in [0.717, 1.165) is 12.0 Å². The summed E-state index contributed by atoms with van der Waals surface area (Å²) in [7, 11) is 0. The Morgan fingerprint density at radius 3 is 2.81 bits per heavy atom. The summed E-state index contributed by atoms with van der Waals surface area (Å²) in [6, 6.07) is 5.01. The molecule has 0 radical (unpaired) electrons. The Morgan fingerprint density at radius 2 is 2.14 bits per heavy atom. The van der Waals surface area contributed by atoms with E-state index >= 15 is 0 Å². The van der Waals surface area contributed by atoms with E-state index in [1.54, 1.807) is 24.5 Å². The monoisotopic (exact) mass is 286 g/mol. The number of hydrogen-bond donors (Lipinski definition) is 1. The van der Waals surface area contributed by atoms with E-state index in [0.29, 0.717) is 24.5 Å². The van der Waals surface area contributed by atoms with Crippen LogP contribution in [0.3, 0.4) is 0 Å². The van der Waals surface area contributed by atoms with Crippen LogP contribution in [0.2, 0.25) is 0 Å². The molecule has 1 unspecified atom stereocenters. The molecule has 1 N–H and O–H groups in total. The summed E-state index contributed by atoms with van der Waals surface area (Å²) >= 11 is 0. The SMILES string of the molecule is O=C(O)c1cccc(-c2cncnc2)c1OC1CCOC1. The third-order valence-corrected chi connectivity index (χ3v) is 3.29. The van der Waals surface area contributed by atoms with Crippen molar-refractivity contribution in [3.8, 4) is 16.9 Å². The molecule has 1 aromatic carbocycles. The van der Waals surface area contributed by atoms with Crippen LogP contribution in [0.4, 0.5) is 0 Å². The van der Waals surface area contributed by atoms with Crippen LogP contribution < -0.4 is 4.74 Å². The number of carboxylic acids is 1. The predicted molar refractivity (Wildman–Crippen MR) is 74.3 cm³/mol. The van der Waals surface area contributed by atoms with Gasteiger partial charge in [0.25, 0.3) is 0 Å². The van der Waals surface area contributed by atoms with E-state index < -0.39 is 5.97 Å². The first kappa shape index (κ1) is 13.5. The van der Waals surface area contributed by atoms with Crippen LogP contribution in [0.15, 0.2) is 36.9 Å². The highest BCUT2D eigenvalue weighted by Gasteiger charge is 2.23. The van der Waals surface area contributed by atoms with Gasteiger partial charge in [-0.1, -0.05) is 12.1 Å². The number of rotatable bonds is 4. The molecule has 0 spiro atoms. The minimum absolute atomic E-state index is 0.128. The first-order chi connectivity index (χ1) is 10.3. The molecule has 1 aromatic heterocycles. The standard InChI is InChI=1S/C15H14N2O4/c18-15(19)13-3-1-2-12(10-6-16-9-17-7-10)14(13)21-11-4-5-20-8-11/h1-3,6-7,9,11H,4-5,8H2,(H,18,19). The zero-order valence-corrected chi connectivity index (χ0v) is 11.2. The summed E-state index contributed by atoms with van der Waals surface area (Å²) in [6.45, 7) is 1.10. The summed E-state index contributed by atoms with van der Waals surface area (Å²) < 4.78 is 11.2. The fraction of sp³-hybridized carbons (Fsp3) is 0.267. The number of hydrogen-bond acceptors (Lipinski definition) is 5. The minimum atomic E-state index is -1.03. The average Bonchev–Trinajstić information content (AvgIpc) is 3.01. The van der Waals surface area contributed by atoms with Crippen molar-refractivity contribution in [2.45, 2.75) is 12.5 Å². The number of aromatic nitrogens is 2. The molecule has 108 valence electrons. The third-order valence-electron chi connectivity index (χ3n) is 3.29. The van der Waals surface area contributed by atoms with Crippen molar-refractivity contribution in [2.24, 2.45) is 0 Å². The maximum atomic E-state index is 11.4. The lowest BCUT2D eigenvalue weighted by atomic mass is 10.0. The van der Waals surface area contributed by atoms with Gasteiger partial charge in [-0.25, -0.2) is 14.8 Å². The Kier molecular flexibility index (Phi) is 3.79. The second-order valence-electron chi connectivity index (χ2n) is 4.72. The van der Waals surface area contributed by atoms with Crippen LogP contribution in [0, 0.1) is 0 Å². The molecule has 0 bridgehead atoms. The summed E-state index contributed by atoms with van der Waals surface area (Å²) in [5.41, 5.74) is 1.51. The molecular weight excluding hydrogens is 272 g/mol. The van der Waals surface area contributed by atoms with Crippen molar-refractivity contribution in [1.82, 2.24) is 9.97 Å². The molecule has 6 heteroatoms. The predicted octanol–water partition coefficient (Wildman–Crippen LogP) is 2.01. The third kappa shape index (κ3) is 2.85. The Morgan fingerprint density at radius 1 is 1.33 bits per heavy atom. The Hall–Kier alpha value is -2.47. The molecule has 2 heterocycles. The van der Waals surface area contributed by atoms with Crippen LogP contribution in [-0.2, 0) is 4.74 Å². The lowest BCUT2D eigenvalue weighted by Crippen LogP contribution is -2.18. The van der Waals surface area contributed by atoms with Crippen molar-refractivity contribution in [3.63, 3.8) is 0 Å². The summed E-state index contributed by atoms with van der Waals surface area (Å²) in [5.74, 6) is -0.682. The van der Waals surface area contributed by atoms with Gasteiger partial charge >= 0.3 is 5.97 Å². The highest BCUT2D eigenvalue weighted by molar-refractivity contribution is 5.94. The van der Waals surface area contributed by atoms with E-state index in [-0.39, 0.29) is 11.7 Å². The van der Waals surface area contributed by atoms with Gasteiger partial charge in [0.05, 0.1) is 13.2 Å². The number of nitrogens with zero attached hydrogens (tertiary/aromatic N) is 2. The number of carbonyl (C=O) groups is 1. The largest absolute Gasteiger partial charge is 0.486 e. The Bertz CT molecular complexity index is 639.